The van der Waals surface area contributed by atoms with Crippen LogP contribution in [-0.2, 0) is 52.9 Å². The minimum absolute atomic E-state index is 0.0312. The van der Waals surface area contributed by atoms with Crippen LogP contribution in [0.5, 0.6) is 0 Å². The van der Waals surface area contributed by atoms with Gasteiger partial charge >= 0.3 is 62.3 Å². The molecule has 0 bridgehead atoms. The first-order valence-electron chi connectivity index (χ1n) is 7.45. The molecule has 0 aliphatic rings. The van der Waals surface area contributed by atoms with E-state index in [1.54, 1.807) is 12.4 Å². The Morgan fingerprint density at radius 2 is 1.14 bits per heavy atom. The third-order valence-corrected chi connectivity index (χ3v) is 2.62. The fourth-order valence-corrected chi connectivity index (χ4v) is 1.60. The first kappa shape index (κ1) is 29.0. The second kappa shape index (κ2) is 22.1. The summed E-state index contributed by atoms with van der Waals surface area (Å²) in [7, 11) is 8.40. The molecule has 0 atom stereocenters. The number of carbonyl (C=O) groups is 2. The van der Waals surface area contributed by atoms with Gasteiger partial charge in [-0.15, -0.1) is 0 Å². The van der Waals surface area contributed by atoms with Crippen LogP contribution in [0.3, 0.4) is 0 Å². The molecule has 0 fully saturated rings. The molecule has 2 rings (SSSR count). The van der Waals surface area contributed by atoms with E-state index in [1.807, 2.05) is 36.4 Å². The number of hydrogen-bond acceptors (Lipinski definition) is 6. The quantitative estimate of drug-likeness (QED) is 0.382. The number of nitrogens with one attached hydrogen (secondary N) is 2. The number of hydrogen-bond donors (Lipinski definition) is 4. The van der Waals surface area contributed by atoms with Crippen molar-refractivity contribution >= 4 is 32.1 Å². The Labute approximate surface area is 188 Å². The summed E-state index contributed by atoms with van der Waals surface area (Å²) in [6.45, 7) is 0.924. The van der Waals surface area contributed by atoms with E-state index in [0.29, 0.717) is 13.1 Å². The molecule has 2 heterocycles. The van der Waals surface area contributed by atoms with E-state index in [4.69, 9.17) is 10.2 Å². The van der Waals surface area contributed by atoms with Gasteiger partial charge in [-0.1, -0.05) is 12.1 Å². The summed E-state index contributed by atoms with van der Waals surface area (Å²) in [4.78, 5) is 28.3. The van der Waals surface area contributed by atoms with E-state index >= 15 is 0 Å². The number of aromatic nitrogens is 2. The van der Waals surface area contributed by atoms with Gasteiger partial charge in [-0.2, -0.15) is 0 Å². The molecule has 164 valence electrons. The first-order chi connectivity index (χ1) is 13.6. The molecule has 0 spiro atoms. The first-order valence-corrected chi connectivity index (χ1v) is 10.0. The molecule has 0 aliphatic carbocycles. The van der Waals surface area contributed by atoms with Crippen molar-refractivity contribution in [2.45, 2.75) is 13.1 Å². The van der Waals surface area contributed by atoms with E-state index in [2.05, 4.69) is 71.0 Å². The molecule has 0 aromatic carbocycles. The monoisotopic (exact) mass is 528 g/mol. The maximum absolute atomic E-state index is 10.1. The van der Waals surface area contributed by atoms with Gasteiger partial charge in [-0.25, -0.2) is 0 Å². The molecule has 0 unspecified atom stereocenters. The minimum atomic E-state index is -0.856. The summed E-state index contributed by atoms with van der Waals surface area (Å²) < 4.78 is 0. The van der Waals surface area contributed by atoms with E-state index in [0.717, 1.165) is 11.4 Å². The van der Waals surface area contributed by atoms with Crippen molar-refractivity contribution in [2.24, 2.45) is 0 Å². The van der Waals surface area contributed by atoms with Crippen molar-refractivity contribution in [3.63, 3.8) is 0 Å². The van der Waals surface area contributed by atoms with E-state index in [9.17, 15) is 9.59 Å². The predicted molar refractivity (Wildman–Crippen MR) is 98.9 cm³/mol. The third kappa shape index (κ3) is 19.5. The van der Waals surface area contributed by atoms with Crippen molar-refractivity contribution in [2.75, 3.05) is 13.1 Å². The molecule has 2 aromatic heterocycles. The van der Waals surface area contributed by atoms with Crippen molar-refractivity contribution in [1.82, 2.24) is 20.6 Å². The Morgan fingerprint density at radius 1 is 0.786 bits per heavy atom. The molecule has 0 amide bonds. The van der Waals surface area contributed by atoms with Gasteiger partial charge in [-0.3, -0.25) is 19.6 Å². The third-order valence-electron chi connectivity index (χ3n) is 2.62. The van der Waals surface area contributed by atoms with Crippen molar-refractivity contribution in [3.8, 4) is 0 Å². The summed E-state index contributed by atoms with van der Waals surface area (Å²) >= 11 is 7.32. The second-order valence-electron chi connectivity index (χ2n) is 4.64. The molecule has 0 radical (unpaired) electrons. The fraction of sp³-hybridized carbons (Fsp3) is 0.250. The normalized spacial score (nSPS) is 8.79. The van der Waals surface area contributed by atoms with E-state index in [-0.39, 0.29) is 13.1 Å². The Hall–Kier alpha value is -1.22. The summed E-state index contributed by atoms with van der Waals surface area (Å²) in [6.07, 6.45) is 3.36. The van der Waals surface area contributed by atoms with Gasteiger partial charge in [0.15, 0.2) is 0 Å². The zero-order valence-electron chi connectivity index (χ0n) is 14.4. The van der Waals surface area contributed by atoms with Crippen LogP contribution < -0.4 is 10.6 Å². The molecule has 0 aliphatic heterocycles. The molecule has 0 saturated carbocycles. The van der Waals surface area contributed by atoms with Crippen LogP contribution in [0.4, 0.5) is 0 Å². The number of rotatable bonds is 8. The standard InChI is InChI=1S/2C8H10N2O2.2ClH.2Cu/c2*11-8(12)6-9-5-7-3-1-2-4-10-7;;;;/h2*1-4,9H,5-6H2,(H,11,12);2*1H;;/q;;;;2*+1/p-2. The molecule has 0 saturated heterocycles. The van der Waals surface area contributed by atoms with Crippen LogP contribution in [0.15, 0.2) is 48.8 Å². The van der Waals surface area contributed by atoms with Crippen molar-refractivity contribution in [1.29, 1.82) is 0 Å². The van der Waals surface area contributed by atoms with Crippen LogP contribution in [0.25, 0.3) is 0 Å². The molecule has 2 aromatic rings. The molecular formula is C16H20Cl2Cu2N4O4. The number of nitrogens with zero attached hydrogens (tertiary/aromatic N) is 2. The predicted octanol–water partition coefficient (Wildman–Crippen LogP) is 1.89. The molecule has 12 heteroatoms. The second-order valence-corrected chi connectivity index (χ2v) is 4.64. The van der Waals surface area contributed by atoms with E-state index < -0.39 is 11.9 Å². The molecule has 8 nitrogen and oxygen atoms in total. The zero-order chi connectivity index (χ0) is 21.6. The van der Waals surface area contributed by atoms with Crippen molar-refractivity contribution in [3.05, 3.63) is 60.2 Å². The number of halogens is 2. The summed E-state index contributed by atoms with van der Waals surface area (Å²) in [5.74, 6) is -1.71. The number of carboxylic acid groups (broad SMARTS) is 2. The average molecular weight is 530 g/mol. The van der Waals surface area contributed by atoms with E-state index in [1.165, 1.54) is 0 Å². The van der Waals surface area contributed by atoms with Crippen molar-refractivity contribution < 1.29 is 50.0 Å². The molecule has 4 N–H and O–H groups in total. The Morgan fingerprint density at radius 3 is 1.39 bits per heavy atom. The maximum atomic E-state index is 10.1. The number of carboxylic acids is 2. The zero-order valence-corrected chi connectivity index (χ0v) is 17.8. The van der Waals surface area contributed by atoms with Crippen LogP contribution in [0, 0.1) is 0 Å². The Kier molecular flexibility index (Phi) is 22.8. The van der Waals surface area contributed by atoms with Gasteiger partial charge in [0.2, 0.25) is 0 Å². The fourth-order valence-electron chi connectivity index (χ4n) is 1.60. The van der Waals surface area contributed by atoms with Gasteiger partial charge in [-0.05, 0) is 24.3 Å². The number of pyridine rings is 2. The van der Waals surface area contributed by atoms with Gasteiger partial charge < -0.3 is 20.8 Å². The Balaban J connectivity index is 0. The Bertz CT molecular complexity index is 573. The van der Waals surface area contributed by atoms with Crippen LogP contribution in [0.2, 0.25) is 0 Å². The number of aliphatic carboxylic acids is 2. The molecular weight excluding hydrogens is 510 g/mol. The van der Waals surface area contributed by atoms with Crippen LogP contribution in [-0.4, -0.2) is 45.2 Å². The summed E-state index contributed by atoms with van der Waals surface area (Å²) in [5, 5.41) is 22.1. The van der Waals surface area contributed by atoms with Gasteiger partial charge in [0.05, 0.1) is 24.5 Å². The van der Waals surface area contributed by atoms with Gasteiger partial charge in [0.25, 0.3) is 0 Å². The SMILES string of the molecule is O=C(O)CNCc1ccccn1.O=C(O)CNCc1ccccn1.[Cl][Cu].[Cl][Cu]. The topological polar surface area (TPSA) is 124 Å². The summed E-state index contributed by atoms with van der Waals surface area (Å²) in [6, 6.07) is 11.1. The molecule has 28 heavy (non-hydrogen) atoms. The van der Waals surface area contributed by atoms with Crippen LogP contribution >= 0.6 is 20.2 Å². The van der Waals surface area contributed by atoms with Gasteiger partial charge in [0.1, 0.15) is 0 Å². The average Bonchev–Trinajstić information content (AvgIpc) is 2.73. The van der Waals surface area contributed by atoms with Gasteiger partial charge in [0, 0.05) is 25.5 Å². The van der Waals surface area contributed by atoms with Crippen LogP contribution in [0.1, 0.15) is 11.4 Å². The summed E-state index contributed by atoms with van der Waals surface area (Å²) in [5.41, 5.74) is 1.69.